The van der Waals surface area contributed by atoms with Gasteiger partial charge in [0.15, 0.2) is 0 Å². The fourth-order valence-electron chi connectivity index (χ4n) is 2.38. The number of esters is 1. The van der Waals surface area contributed by atoms with E-state index in [2.05, 4.69) is 0 Å². The maximum atomic E-state index is 12.9. The molecule has 1 fully saturated rings. The number of carbonyl (C=O) groups excluding carboxylic acids is 1. The van der Waals surface area contributed by atoms with Crippen molar-refractivity contribution in [1.82, 2.24) is 0 Å². The molecule has 0 spiro atoms. The minimum atomic E-state index is -3.60. The van der Waals surface area contributed by atoms with Crippen LogP contribution in [-0.4, -0.2) is 28.9 Å². The molecule has 0 bridgehead atoms. The van der Waals surface area contributed by atoms with Crippen molar-refractivity contribution in [2.75, 3.05) is 6.61 Å². The van der Waals surface area contributed by atoms with Crippen LogP contribution in [0, 0.1) is 0 Å². The number of rotatable bonds is 5. The van der Waals surface area contributed by atoms with Gasteiger partial charge >= 0.3 is 5.97 Å². The van der Waals surface area contributed by atoms with Crippen LogP contribution in [0.25, 0.3) is 0 Å². The van der Waals surface area contributed by atoms with E-state index in [1.54, 1.807) is 13.8 Å². The standard InChI is InChI=1S/C15H21O5P/c1-3-13(16)20-14-15(2,9-10-19-14)21(17,18)11-12-7-5-4-6-8-12/h4-8,14H,3,9-11H2,1-2H3,(H,17,18). The van der Waals surface area contributed by atoms with E-state index in [9.17, 15) is 14.3 Å². The molecule has 0 amide bonds. The van der Waals surface area contributed by atoms with Crippen LogP contribution in [0.4, 0.5) is 0 Å². The van der Waals surface area contributed by atoms with Crippen LogP contribution in [0.3, 0.4) is 0 Å². The first-order chi connectivity index (χ1) is 9.89. The van der Waals surface area contributed by atoms with Crippen molar-refractivity contribution in [3.05, 3.63) is 35.9 Å². The van der Waals surface area contributed by atoms with E-state index in [0.717, 1.165) is 5.56 Å². The summed E-state index contributed by atoms with van der Waals surface area (Å²) in [5.74, 6) is -0.423. The predicted octanol–water partition coefficient (Wildman–Crippen LogP) is 2.92. The Kier molecular flexibility index (Phi) is 4.87. The van der Waals surface area contributed by atoms with Crippen LogP contribution in [0.15, 0.2) is 30.3 Å². The second-order valence-corrected chi connectivity index (χ2v) is 8.24. The molecule has 1 N–H and O–H groups in total. The molecule has 116 valence electrons. The smallest absolute Gasteiger partial charge is 0.307 e. The summed E-state index contributed by atoms with van der Waals surface area (Å²) in [6.07, 6.45) is -0.294. The van der Waals surface area contributed by atoms with Crippen LogP contribution in [0.5, 0.6) is 0 Å². The number of ether oxygens (including phenoxy) is 2. The Labute approximate surface area is 124 Å². The molecule has 0 radical (unpaired) electrons. The quantitative estimate of drug-likeness (QED) is 0.668. The summed E-state index contributed by atoms with van der Waals surface area (Å²) in [7, 11) is -3.60. The van der Waals surface area contributed by atoms with E-state index in [-0.39, 0.29) is 12.6 Å². The number of hydrogen-bond acceptors (Lipinski definition) is 4. The van der Waals surface area contributed by atoms with Gasteiger partial charge in [0.2, 0.25) is 13.7 Å². The van der Waals surface area contributed by atoms with Gasteiger partial charge in [0.25, 0.3) is 0 Å². The average molecular weight is 312 g/mol. The molecule has 0 aliphatic carbocycles. The highest BCUT2D eigenvalue weighted by atomic mass is 31.2. The Morgan fingerprint density at radius 3 is 2.76 bits per heavy atom. The zero-order chi connectivity index (χ0) is 15.5. The van der Waals surface area contributed by atoms with Crippen LogP contribution < -0.4 is 0 Å². The molecule has 21 heavy (non-hydrogen) atoms. The van der Waals surface area contributed by atoms with Gasteiger partial charge in [0, 0.05) is 6.42 Å². The van der Waals surface area contributed by atoms with Crippen LogP contribution >= 0.6 is 7.37 Å². The van der Waals surface area contributed by atoms with Gasteiger partial charge in [-0.25, -0.2) is 0 Å². The molecule has 1 aromatic rings. The number of benzene rings is 1. The van der Waals surface area contributed by atoms with Crippen LogP contribution in [-0.2, 0) is 25.0 Å². The molecule has 6 heteroatoms. The summed E-state index contributed by atoms with van der Waals surface area (Å²) < 4.78 is 23.5. The minimum absolute atomic E-state index is 0.0495. The lowest BCUT2D eigenvalue weighted by Gasteiger charge is -2.33. The first-order valence-electron chi connectivity index (χ1n) is 7.06. The molecular weight excluding hydrogens is 291 g/mol. The maximum absolute atomic E-state index is 12.9. The molecular formula is C15H21O5P. The third-order valence-electron chi connectivity index (χ3n) is 3.95. The van der Waals surface area contributed by atoms with E-state index >= 15 is 0 Å². The van der Waals surface area contributed by atoms with Gasteiger partial charge in [-0.1, -0.05) is 37.3 Å². The molecule has 1 aliphatic rings. The van der Waals surface area contributed by atoms with E-state index in [0.29, 0.717) is 13.0 Å². The van der Waals surface area contributed by atoms with E-state index < -0.39 is 24.8 Å². The summed E-state index contributed by atoms with van der Waals surface area (Å²) >= 11 is 0. The van der Waals surface area contributed by atoms with E-state index in [1.165, 1.54) is 0 Å². The third kappa shape index (κ3) is 3.37. The van der Waals surface area contributed by atoms with Gasteiger partial charge in [-0.15, -0.1) is 0 Å². The SMILES string of the molecule is CCC(=O)OC1OCCC1(C)P(=O)(O)Cc1ccccc1. The van der Waals surface area contributed by atoms with E-state index in [1.807, 2.05) is 30.3 Å². The van der Waals surface area contributed by atoms with Gasteiger partial charge in [-0.05, 0) is 18.9 Å². The van der Waals surface area contributed by atoms with Gasteiger partial charge in [0.05, 0.1) is 12.8 Å². The van der Waals surface area contributed by atoms with Crippen molar-refractivity contribution in [2.24, 2.45) is 0 Å². The Balaban J connectivity index is 2.20. The van der Waals surface area contributed by atoms with Crippen LogP contribution in [0.1, 0.15) is 32.3 Å². The fourth-order valence-corrected chi connectivity index (χ4v) is 4.35. The van der Waals surface area contributed by atoms with Crippen molar-refractivity contribution in [1.29, 1.82) is 0 Å². The highest BCUT2D eigenvalue weighted by Gasteiger charge is 2.55. The van der Waals surface area contributed by atoms with Gasteiger partial charge in [-0.2, -0.15) is 0 Å². The van der Waals surface area contributed by atoms with Crippen molar-refractivity contribution in [3.8, 4) is 0 Å². The molecule has 0 saturated carbocycles. The first kappa shape index (κ1) is 16.2. The van der Waals surface area contributed by atoms with Gasteiger partial charge in [-0.3, -0.25) is 9.36 Å². The Morgan fingerprint density at radius 1 is 1.48 bits per heavy atom. The molecule has 5 nitrogen and oxygen atoms in total. The molecule has 1 aliphatic heterocycles. The highest BCUT2D eigenvalue weighted by molar-refractivity contribution is 7.59. The Hall–Kier alpha value is -1.16. The zero-order valence-electron chi connectivity index (χ0n) is 12.3. The van der Waals surface area contributed by atoms with Crippen molar-refractivity contribution >= 4 is 13.3 Å². The lowest BCUT2D eigenvalue weighted by atomic mass is 10.1. The Morgan fingerprint density at radius 2 is 2.14 bits per heavy atom. The fraction of sp³-hybridized carbons (Fsp3) is 0.533. The molecule has 1 heterocycles. The lowest BCUT2D eigenvalue weighted by Crippen LogP contribution is -2.38. The molecule has 0 aromatic heterocycles. The number of carbonyl (C=O) groups is 1. The molecule has 2 rings (SSSR count). The summed E-state index contributed by atoms with van der Waals surface area (Å²) in [4.78, 5) is 22.0. The summed E-state index contributed by atoms with van der Waals surface area (Å²) in [5.41, 5.74) is 0.789. The second kappa shape index (κ2) is 6.30. The first-order valence-corrected chi connectivity index (χ1v) is 8.90. The summed E-state index contributed by atoms with van der Waals surface area (Å²) in [6, 6.07) is 9.15. The van der Waals surface area contributed by atoms with E-state index in [4.69, 9.17) is 9.47 Å². The molecule has 1 aromatic carbocycles. The van der Waals surface area contributed by atoms with Crippen molar-refractivity contribution in [3.63, 3.8) is 0 Å². The summed E-state index contributed by atoms with van der Waals surface area (Å²) in [5, 5.41) is -1.06. The van der Waals surface area contributed by atoms with Crippen molar-refractivity contribution in [2.45, 2.75) is 44.3 Å². The van der Waals surface area contributed by atoms with Gasteiger partial charge < -0.3 is 14.4 Å². The topological polar surface area (TPSA) is 72.8 Å². The molecule has 1 saturated heterocycles. The lowest BCUT2D eigenvalue weighted by molar-refractivity contribution is -0.173. The minimum Gasteiger partial charge on any atom is -0.435 e. The maximum Gasteiger partial charge on any atom is 0.307 e. The zero-order valence-corrected chi connectivity index (χ0v) is 13.2. The third-order valence-corrected chi connectivity index (χ3v) is 6.77. The van der Waals surface area contributed by atoms with Crippen molar-refractivity contribution < 1.29 is 23.7 Å². The average Bonchev–Trinajstić information content (AvgIpc) is 2.82. The number of hydrogen-bond donors (Lipinski definition) is 1. The Bertz CT molecular complexity index is 544. The van der Waals surface area contributed by atoms with Crippen LogP contribution in [0.2, 0.25) is 0 Å². The predicted molar refractivity (Wildman–Crippen MR) is 79.1 cm³/mol. The summed E-state index contributed by atoms with van der Waals surface area (Å²) in [6.45, 7) is 3.66. The molecule has 3 unspecified atom stereocenters. The monoisotopic (exact) mass is 312 g/mol. The highest BCUT2D eigenvalue weighted by Crippen LogP contribution is 2.62. The molecule has 3 atom stereocenters. The van der Waals surface area contributed by atoms with Gasteiger partial charge in [0.1, 0.15) is 5.16 Å². The second-order valence-electron chi connectivity index (χ2n) is 5.50. The largest absolute Gasteiger partial charge is 0.435 e. The normalized spacial score (nSPS) is 28.0.